The lowest BCUT2D eigenvalue weighted by molar-refractivity contribution is 0.0939. The van der Waals surface area contributed by atoms with E-state index in [4.69, 9.17) is 5.73 Å². The van der Waals surface area contributed by atoms with Crippen molar-refractivity contribution in [3.8, 4) is 0 Å². The number of pyridine rings is 1. The fraction of sp³-hybridized carbons (Fsp3) is 0.632. The van der Waals surface area contributed by atoms with Crippen LogP contribution in [-0.2, 0) is 5.54 Å². The molecule has 3 aliphatic rings. The average Bonchev–Trinajstić information content (AvgIpc) is 3.13. The summed E-state index contributed by atoms with van der Waals surface area (Å²) in [7, 11) is 1.87. The number of rotatable bonds is 3. The molecule has 0 spiro atoms. The first-order chi connectivity index (χ1) is 12.8. The second-order valence-corrected chi connectivity index (χ2v) is 8.40. The number of amides is 1. The lowest BCUT2D eigenvalue weighted by Crippen LogP contribution is -2.43. The van der Waals surface area contributed by atoms with Crippen LogP contribution in [0.4, 0.5) is 10.2 Å². The van der Waals surface area contributed by atoms with Crippen LogP contribution in [0.5, 0.6) is 0 Å². The number of hydrogen-bond donors (Lipinski definition) is 3. The number of aromatic nitrogens is 1. The van der Waals surface area contributed by atoms with Gasteiger partial charge in [0, 0.05) is 37.5 Å². The van der Waals surface area contributed by atoms with Crippen LogP contribution < -0.4 is 16.4 Å². The normalized spacial score (nSPS) is 29.0. The van der Waals surface area contributed by atoms with Gasteiger partial charge in [0.25, 0.3) is 5.91 Å². The second kappa shape index (κ2) is 6.44. The van der Waals surface area contributed by atoms with E-state index >= 15 is 4.39 Å². The van der Waals surface area contributed by atoms with Gasteiger partial charge in [-0.2, -0.15) is 5.10 Å². The molecule has 0 saturated heterocycles. The molecular weight excluding hydrogens is 347 g/mol. The van der Waals surface area contributed by atoms with Crippen molar-refractivity contribution in [1.82, 2.24) is 15.3 Å². The number of nitrogens with zero attached hydrogens (tertiary/aromatic N) is 3. The Morgan fingerprint density at radius 2 is 2.11 bits per heavy atom. The lowest BCUT2D eigenvalue weighted by atomic mass is 9.89. The number of hydrazone groups is 1. The molecule has 1 unspecified atom stereocenters. The first-order valence-electron chi connectivity index (χ1n) is 9.61. The monoisotopic (exact) mass is 374 g/mol. The number of anilines is 1. The van der Waals surface area contributed by atoms with Crippen molar-refractivity contribution in [2.45, 2.75) is 63.1 Å². The summed E-state index contributed by atoms with van der Waals surface area (Å²) in [6, 6.07) is -0.0386. The summed E-state index contributed by atoms with van der Waals surface area (Å²) in [5, 5.41) is 12.2. The first kappa shape index (κ1) is 18.2. The molecule has 4 N–H and O–H groups in total. The Kier molecular flexibility index (Phi) is 4.33. The van der Waals surface area contributed by atoms with E-state index in [1.165, 1.54) is 0 Å². The van der Waals surface area contributed by atoms with E-state index in [0.29, 0.717) is 23.4 Å². The van der Waals surface area contributed by atoms with E-state index in [0.717, 1.165) is 25.7 Å². The molecule has 1 aliphatic carbocycles. The minimum atomic E-state index is -0.791. The summed E-state index contributed by atoms with van der Waals surface area (Å²) in [5.74, 6) is -0.693. The van der Waals surface area contributed by atoms with Crippen molar-refractivity contribution < 1.29 is 9.18 Å². The standard InChI is InChI=1S/C19H27FN6O/c1-19(2)14-13(18(27)25-19)16(10-8-22-26(3)9-10)24-17(15(14)20)23-12-7-5-4-6-11(12)21/h8,10-12H,4-7,9,21H2,1-3H3,(H,23,24)(H,25,27)/t10?,11-,12+/m0/s1. The van der Waals surface area contributed by atoms with Crippen LogP contribution in [0.1, 0.15) is 67.1 Å². The Balaban J connectivity index is 1.80. The van der Waals surface area contributed by atoms with Crippen molar-refractivity contribution in [3.05, 3.63) is 22.6 Å². The van der Waals surface area contributed by atoms with Crippen molar-refractivity contribution in [1.29, 1.82) is 0 Å². The number of nitrogens with one attached hydrogen (secondary N) is 2. The lowest BCUT2D eigenvalue weighted by Gasteiger charge is -2.31. The molecule has 7 nitrogen and oxygen atoms in total. The SMILES string of the molecule is CN1CC(c2nc(N[C@@H]3CCCC[C@@H]3N)c(F)c3c2C(=O)NC3(C)C)C=N1. The summed E-state index contributed by atoms with van der Waals surface area (Å²) in [6.45, 7) is 4.24. The van der Waals surface area contributed by atoms with Crippen LogP contribution in [0.25, 0.3) is 0 Å². The molecule has 1 amide bonds. The maximum atomic E-state index is 15.5. The molecule has 1 aromatic rings. The third-order valence-corrected chi connectivity index (χ3v) is 5.84. The number of hydrogen-bond acceptors (Lipinski definition) is 6. The molecule has 3 atom stereocenters. The van der Waals surface area contributed by atoms with Crippen LogP contribution in [0.3, 0.4) is 0 Å². The van der Waals surface area contributed by atoms with Crippen molar-refractivity contribution in [2.24, 2.45) is 10.8 Å². The average molecular weight is 374 g/mol. The van der Waals surface area contributed by atoms with E-state index in [1.807, 2.05) is 20.9 Å². The second-order valence-electron chi connectivity index (χ2n) is 8.40. The molecule has 8 heteroatoms. The third kappa shape index (κ3) is 3.05. The summed E-state index contributed by atoms with van der Waals surface area (Å²) in [6.07, 6.45) is 5.75. The number of fused-ring (bicyclic) bond motifs is 1. The van der Waals surface area contributed by atoms with Gasteiger partial charge in [-0.15, -0.1) is 0 Å². The van der Waals surface area contributed by atoms with Gasteiger partial charge in [0.15, 0.2) is 11.6 Å². The minimum Gasteiger partial charge on any atom is -0.363 e. The predicted octanol–water partition coefficient (Wildman–Crippen LogP) is 1.90. The molecule has 0 aromatic carbocycles. The largest absolute Gasteiger partial charge is 0.363 e. The molecule has 1 aromatic heterocycles. The molecule has 146 valence electrons. The molecule has 1 fully saturated rings. The highest BCUT2D eigenvalue weighted by Crippen LogP contribution is 2.39. The summed E-state index contributed by atoms with van der Waals surface area (Å²) >= 11 is 0. The van der Waals surface area contributed by atoms with Gasteiger partial charge < -0.3 is 16.4 Å². The Labute approximate surface area is 158 Å². The van der Waals surface area contributed by atoms with Gasteiger partial charge in [0.05, 0.1) is 22.7 Å². The van der Waals surface area contributed by atoms with E-state index in [2.05, 4.69) is 20.7 Å². The van der Waals surface area contributed by atoms with Gasteiger partial charge >= 0.3 is 0 Å². The molecular formula is C19H27FN6O. The van der Waals surface area contributed by atoms with Crippen LogP contribution in [-0.4, -0.2) is 47.8 Å². The van der Waals surface area contributed by atoms with Gasteiger partial charge in [-0.05, 0) is 26.7 Å². The van der Waals surface area contributed by atoms with Gasteiger partial charge in [-0.1, -0.05) is 12.8 Å². The van der Waals surface area contributed by atoms with Crippen LogP contribution >= 0.6 is 0 Å². The molecule has 0 bridgehead atoms. The zero-order valence-corrected chi connectivity index (χ0v) is 16.1. The smallest absolute Gasteiger partial charge is 0.254 e. The van der Waals surface area contributed by atoms with E-state index in [1.54, 1.807) is 11.2 Å². The number of halogens is 1. The number of carbonyl (C=O) groups excluding carboxylic acids is 1. The Bertz CT molecular complexity index is 808. The Morgan fingerprint density at radius 3 is 2.78 bits per heavy atom. The first-order valence-corrected chi connectivity index (χ1v) is 9.61. The summed E-state index contributed by atoms with van der Waals surface area (Å²) in [4.78, 5) is 17.2. The van der Waals surface area contributed by atoms with E-state index in [9.17, 15) is 4.79 Å². The molecule has 3 heterocycles. The van der Waals surface area contributed by atoms with Crippen LogP contribution in [0.2, 0.25) is 0 Å². The Hall–Kier alpha value is -2.22. The highest BCUT2D eigenvalue weighted by Gasteiger charge is 2.43. The van der Waals surface area contributed by atoms with Gasteiger partial charge in [-0.25, -0.2) is 9.37 Å². The fourth-order valence-corrected chi connectivity index (χ4v) is 4.42. The minimum absolute atomic E-state index is 0.0141. The number of carbonyl (C=O) groups is 1. The molecule has 2 aliphatic heterocycles. The molecule has 4 rings (SSSR count). The van der Waals surface area contributed by atoms with E-state index < -0.39 is 11.4 Å². The zero-order chi connectivity index (χ0) is 19.3. The maximum absolute atomic E-state index is 15.5. The Morgan fingerprint density at radius 1 is 1.37 bits per heavy atom. The molecule has 27 heavy (non-hydrogen) atoms. The number of likely N-dealkylation sites (N-methyl/N-ethyl adjacent to an activating group) is 1. The maximum Gasteiger partial charge on any atom is 0.254 e. The van der Waals surface area contributed by atoms with Crippen molar-refractivity contribution >= 4 is 17.9 Å². The van der Waals surface area contributed by atoms with Gasteiger partial charge in [0.1, 0.15) is 0 Å². The molecule has 1 saturated carbocycles. The fourth-order valence-electron chi connectivity index (χ4n) is 4.42. The van der Waals surface area contributed by atoms with Gasteiger partial charge in [0.2, 0.25) is 0 Å². The molecule has 0 radical (unpaired) electrons. The van der Waals surface area contributed by atoms with Crippen molar-refractivity contribution in [3.63, 3.8) is 0 Å². The topological polar surface area (TPSA) is 95.6 Å². The quantitative estimate of drug-likeness (QED) is 0.751. The number of nitrogens with two attached hydrogens (primary N) is 1. The van der Waals surface area contributed by atoms with Gasteiger partial charge in [-0.3, -0.25) is 9.80 Å². The van der Waals surface area contributed by atoms with Crippen LogP contribution in [0.15, 0.2) is 5.10 Å². The van der Waals surface area contributed by atoms with E-state index in [-0.39, 0.29) is 29.7 Å². The predicted molar refractivity (Wildman–Crippen MR) is 102 cm³/mol. The highest BCUT2D eigenvalue weighted by atomic mass is 19.1. The highest BCUT2D eigenvalue weighted by molar-refractivity contribution is 6.02. The van der Waals surface area contributed by atoms with Crippen LogP contribution in [0, 0.1) is 5.82 Å². The zero-order valence-electron chi connectivity index (χ0n) is 16.1. The summed E-state index contributed by atoms with van der Waals surface area (Å²) in [5.41, 5.74) is 6.76. The summed E-state index contributed by atoms with van der Waals surface area (Å²) < 4.78 is 15.5. The third-order valence-electron chi connectivity index (χ3n) is 5.84. The van der Waals surface area contributed by atoms with Crippen molar-refractivity contribution in [2.75, 3.05) is 18.9 Å².